The quantitative estimate of drug-likeness (QED) is 0.922. The molecule has 3 rings (SSSR count). The summed E-state index contributed by atoms with van der Waals surface area (Å²) in [6.07, 6.45) is 2.11. The molecule has 1 aliphatic carbocycles. The van der Waals surface area contributed by atoms with Gasteiger partial charge >= 0.3 is 0 Å². The molecule has 0 saturated heterocycles. The molecule has 0 aromatic carbocycles. The summed E-state index contributed by atoms with van der Waals surface area (Å²) < 4.78 is 5.90. The van der Waals surface area contributed by atoms with Crippen LogP contribution in [0.15, 0.2) is 22.6 Å². The fraction of sp³-hybridized carbons (Fsp3) is 0.500. The summed E-state index contributed by atoms with van der Waals surface area (Å²) in [4.78, 5) is 8.87. The predicted molar refractivity (Wildman–Crippen MR) is 79.2 cm³/mol. The molecular weight excluding hydrogens is 250 g/mol. The first-order chi connectivity index (χ1) is 9.52. The Kier molecular flexibility index (Phi) is 3.24. The van der Waals surface area contributed by atoms with E-state index in [0.29, 0.717) is 23.5 Å². The van der Waals surface area contributed by atoms with Crippen molar-refractivity contribution in [2.24, 2.45) is 11.8 Å². The van der Waals surface area contributed by atoms with Gasteiger partial charge in [-0.25, -0.2) is 9.97 Å². The zero-order valence-corrected chi connectivity index (χ0v) is 12.3. The van der Waals surface area contributed by atoms with Crippen molar-refractivity contribution in [2.75, 3.05) is 5.73 Å². The first-order valence-electron chi connectivity index (χ1n) is 7.26. The molecule has 2 aromatic heterocycles. The van der Waals surface area contributed by atoms with Crippen LogP contribution in [0.25, 0.3) is 11.6 Å². The van der Waals surface area contributed by atoms with Gasteiger partial charge in [-0.05, 0) is 36.8 Å². The Morgan fingerprint density at radius 3 is 2.75 bits per heavy atom. The maximum atomic E-state index is 5.90. The number of aromatic nitrogens is 2. The molecular formula is C16H21N3O. The molecule has 2 aromatic rings. The molecule has 2 atom stereocenters. The van der Waals surface area contributed by atoms with Crippen LogP contribution >= 0.6 is 0 Å². The van der Waals surface area contributed by atoms with Gasteiger partial charge in [0.15, 0.2) is 11.6 Å². The lowest BCUT2D eigenvalue weighted by atomic mass is 10.1. The molecule has 106 valence electrons. The molecule has 2 unspecified atom stereocenters. The van der Waals surface area contributed by atoms with Crippen LogP contribution in [-0.2, 0) is 6.42 Å². The van der Waals surface area contributed by atoms with Crippen molar-refractivity contribution in [1.29, 1.82) is 0 Å². The average Bonchev–Trinajstić information content (AvgIpc) is 2.89. The fourth-order valence-corrected chi connectivity index (χ4v) is 2.54. The highest BCUT2D eigenvalue weighted by atomic mass is 16.3. The molecule has 20 heavy (non-hydrogen) atoms. The summed E-state index contributed by atoms with van der Waals surface area (Å²) in [6, 6.07) is 5.84. The second kappa shape index (κ2) is 4.93. The summed E-state index contributed by atoms with van der Waals surface area (Å²) in [5.41, 5.74) is 6.85. The Bertz CT molecular complexity index is 618. The van der Waals surface area contributed by atoms with E-state index >= 15 is 0 Å². The minimum absolute atomic E-state index is 0.503. The van der Waals surface area contributed by atoms with Gasteiger partial charge < -0.3 is 10.2 Å². The van der Waals surface area contributed by atoms with Gasteiger partial charge in [0.25, 0.3) is 0 Å². The van der Waals surface area contributed by atoms with E-state index in [-0.39, 0.29) is 0 Å². The third-order valence-electron chi connectivity index (χ3n) is 3.74. The van der Waals surface area contributed by atoms with Gasteiger partial charge in [0.05, 0.1) is 0 Å². The molecule has 2 N–H and O–H groups in total. The number of furan rings is 1. The molecule has 1 aliphatic rings. The zero-order chi connectivity index (χ0) is 14.3. The van der Waals surface area contributed by atoms with E-state index in [1.54, 1.807) is 0 Å². The van der Waals surface area contributed by atoms with E-state index in [2.05, 4.69) is 30.7 Å². The average molecular weight is 271 g/mol. The number of nitrogens with zero attached hydrogens (tertiary/aromatic N) is 2. The number of nitrogens with two attached hydrogens (primary N) is 1. The Morgan fingerprint density at radius 1 is 1.35 bits per heavy atom. The van der Waals surface area contributed by atoms with Crippen LogP contribution in [-0.4, -0.2) is 9.97 Å². The molecule has 4 heteroatoms. The molecule has 0 amide bonds. The van der Waals surface area contributed by atoms with Crippen LogP contribution in [0.5, 0.6) is 0 Å². The van der Waals surface area contributed by atoms with Crippen molar-refractivity contribution in [2.45, 2.75) is 39.5 Å². The Morgan fingerprint density at radius 2 is 2.10 bits per heavy atom. The van der Waals surface area contributed by atoms with Crippen LogP contribution in [0.1, 0.15) is 44.6 Å². The van der Waals surface area contributed by atoms with Gasteiger partial charge in [-0.15, -0.1) is 0 Å². The van der Waals surface area contributed by atoms with Crippen molar-refractivity contribution >= 4 is 5.82 Å². The molecule has 0 bridgehead atoms. The maximum Gasteiger partial charge on any atom is 0.197 e. The van der Waals surface area contributed by atoms with Crippen molar-refractivity contribution in [3.63, 3.8) is 0 Å². The highest BCUT2D eigenvalue weighted by Crippen LogP contribution is 2.47. The molecule has 1 fully saturated rings. The van der Waals surface area contributed by atoms with Gasteiger partial charge in [-0.1, -0.05) is 20.8 Å². The molecule has 4 nitrogen and oxygen atoms in total. The minimum Gasteiger partial charge on any atom is -0.457 e. The predicted octanol–water partition coefficient (Wildman–Crippen LogP) is 3.64. The molecule has 0 spiro atoms. The molecule has 1 saturated carbocycles. The van der Waals surface area contributed by atoms with E-state index in [0.717, 1.165) is 29.6 Å². The van der Waals surface area contributed by atoms with Gasteiger partial charge in [0.2, 0.25) is 0 Å². The van der Waals surface area contributed by atoms with E-state index in [1.165, 1.54) is 6.42 Å². The first kappa shape index (κ1) is 13.2. The summed E-state index contributed by atoms with van der Waals surface area (Å²) in [5, 5.41) is 0. The second-order valence-electron chi connectivity index (χ2n) is 6.23. The first-order valence-corrected chi connectivity index (χ1v) is 7.26. The topological polar surface area (TPSA) is 64.9 Å². The number of nitrogen functional groups attached to an aromatic ring is 1. The normalized spacial score (nSPS) is 21.4. The lowest BCUT2D eigenvalue weighted by Gasteiger charge is -2.06. The van der Waals surface area contributed by atoms with Gasteiger partial charge in [0.1, 0.15) is 11.6 Å². The third-order valence-corrected chi connectivity index (χ3v) is 3.74. The van der Waals surface area contributed by atoms with Crippen LogP contribution in [0.3, 0.4) is 0 Å². The van der Waals surface area contributed by atoms with Crippen molar-refractivity contribution in [1.82, 2.24) is 9.97 Å². The van der Waals surface area contributed by atoms with Crippen LogP contribution in [0.4, 0.5) is 5.82 Å². The van der Waals surface area contributed by atoms with Gasteiger partial charge in [-0.3, -0.25) is 0 Å². The highest BCUT2D eigenvalue weighted by molar-refractivity contribution is 5.51. The summed E-state index contributed by atoms with van der Waals surface area (Å²) in [5.74, 6) is 4.70. The third kappa shape index (κ3) is 2.69. The molecule has 0 aliphatic heterocycles. The Balaban J connectivity index is 1.89. The van der Waals surface area contributed by atoms with Crippen molar-refractivity contribution in [3.8, 4) is 11.6 Å². The summed E-state index contributed by atoms with van der Waals surface area (Å²) in [6.45, 7) is 6.57. The smallest absolute Gasteiger partial charge is 0.197 e. The fourth-order valence-electron chi connectivity index (χ4n) is 2.54. The Hall–Kier alpha value is -1.84. The standard InChI is InChI=1S/C16H21N3O/c1-9(2)6-11-8-15(17)19-16(18-11)14-5-4-13(20-14)12-7-10(12)3/h4-5,8-10,12H,6-7H2,1-3H3,(H2,17,18,19). The van der Waals surface area contributed by atoms with E-state index in [9.17, 15) is 0 Å². The SMILES string of the molecule is CC(C)Cc1cc(N)nc(-c2ccc(C3CC3C)o2)n1. The van der Waals surface area contributed by atoms with Crippen LogP contribution in [0.2, 0.25) is 0 Å². The molecule has 0 radical (unpaired) electrons. The zero-order valence-electron chi connectivity index (χ0n) is 12.3. The van der Waals surface area contributed by atoms with Crippen molar-refractivity contribution < 1.29 is 4.42 Å². The number of hydrogen-bond acceptors (Lipinski definition) is 4. The highest BCUT2D eigenvalue weighted by Gasteiger charge is 2.36. The summed E-state index contributed by atoms with van der Waals surface area (Å²) >= 11 is 0. The largest absolute Gasteiger partial charge is 0.457 e. The molecule has 2 heterocycles. The van der Waals surface area contributed by atoms with E-state index in [4.69, 9.17) is 10.2 Å². The van der Waals surface area contributed by atoms with Crippen molar-refractivity contribution in [3.05, 3.63) is 29.7 Å². The lowest BCUT2D eigenvalue weighted by Crippen LogP contribution is -2.03. The number of hydrogen-bond donors (Lipinski definition) is 1. The summed E-state index contributed by atoms with van der Waals surface area (Å²) in [7, 11) is 0. The lowest BCUT2D eigenvalue weighted by molar-refractivity contribution is 0.514. The van der Waals surface area contributed by atoms with Gasteiger partial charge in [-0.2, -0.15) is 0 Å². The Labute approximate surface area is 119 Å². The second-order valence-corrected chi connectivity index (χ2v) is 6.23. The van der Waals surface area contributed by atoms with E-state index in [1.807, 2.05) is 18.2 Å². The monoisotopic (exact) mass is 271 g/mol. The number of anilines is 1. The minimum atomic E-state index is 0.503. The van der Waals surface area contributed by atoms with Crippen LogP contribution < -0.4 is 5.73 Å². The maximum absolute atomic E-state index is 5.90. The van der Waals surface area contributed by atoms with Crippen LogP contribution in [0, 0.1) is 11.8 Å². The number of rotatable bonds is 4. The van der Waals surface area contributed by atoms with Gasteiger partial charge in [0, 0.05) is 17.7 Å². The van der Waals surface area contributed by atoms with E-state index < -0.39 is 0 Å².